The quantitative estimate of drug-likeness (QED) is 0.691. The first-order valence-electron chi connectivity index (χ1n) is 7.35. The van der Waals surface area contributed by atoms with Gasteiger partial charge in [-0.3, -0.25) is 4.79 Å². The van der Waals surface area contributed by atoms with Gasteiger partial charge in [0.15, 0.2) is 0 Å². The minimum atomic E-state index is -0.0799. The molecule has 0 N–H and O–H groups in total. The first-order valence-corrected chi connectivity index (χ1v) is 7.35. The molecule has 0 saturated carbocycles. The van der Waals surface area contributed by atoms with E-state index in [1.807, 2.05) is 66.9 Å². The molecule has 3 rings (SSSR count). The number of rotatable bonds is 4. The van der Waals surface area contributed by atoms with Crippen molar-refractivity contribution in [2.75, 3.05) is 11.9 Å². The molecule has 3 aromatic rings. The lowest BCUT2D eigenvalue weighted by atomic mass is 10.2. The summed E-state index contributed by atoms with van der Waals surface area (Å²) in [6, 6.07) is 19.4. The van der Waals surface area contributed by atoms with E-state index < -0.39 is 0 Å². The molecule has 0 saturated heterocycles. The summed E-state index contributed by atoms with van der Waals surface area (Å²) in [5.74, 6) is -0.0799. The van der Waals surface area contributed by atoms with Crippen molar-refractivity contribution in [2.45, 2.75) is 0 Å². The summed E-state index contributed by atoms with van der Waals surface area (Å²) in [6.45, 7) is 0. The lowest BCUT2D eigenvalue weighted by Gasteiger charge is -2.14. The molecule has 0 bridgehead atoms. The Kier molecular flexibility index (Phi) is 4.34. The van der Waals surface area contributed by atoms with E-state index >= 15 is 0 Å². The monoisotopic (exact) mass is 303 g/mol. The topological polar surface area (TPSA) is 38.1 Å². The predicted octanol–water partition coefficient (Wildman–Crippen LogP) is 3.55. The van der Waals surface area contributed by atoms with Gasteiger partial charge in [0.2, 0.25) is 0 Å². The highest BCUT2D eigenvalue weighted by Crippen LogP contribution is 2.13. The molecule has 1 amide bonds. The van der Waals surface area contributed by atoms with Crippen molar-refractivity contribution >= 4 is 17.7 Å². The third-order valence-corrected chi connectivity index (χ3v) is 3.52. The molecule has 0 aliphatic carbocycles. The van der Waals surface area contributed by atoms with Crippen molar-refractivity contribution in [2.24, 2.45) is 0 Å². The molecule has 0 aliphatic rings. The van der Waals surface area contributed by atoms with E-state index in [4.69, 9.17) is 0 Å². The van der Waals surface area contributed by atoms with Crippen LogP contribution in [0.1, 0.15) is 5.56 Å². The van der Waals surface area contributed by atoms with Gasteiger partial charge in [-0.1, -0.05) is 36.4 Å². The standard InChI is InChI=1S/C19H17N3O/c1-21(17-8-4-2-5-9-17)19(23)13-12-16-14-20-22(15-16)18-10-6-3-7-11-18/h2-15H,1H3. The number of likely N-dealkylation sites (N-methyl/N-ethyl adjacent to an activating group) is 1. The third kappa shape index (κ3) is 3.55. The average molecular weight is 303 g/mol. The van der Waals surface area contributed by atoms with E-state index in [0.717, 1.165) is 16.9 Å². The summed E-state index contributed by atoms with van der Waals surface area (Å²) in [5.41, 5.74) is 2.73. The minimum Gasteiger partial charge on any atom is -0.312 e. The second-order valence-electron chi connectivity index (χ2n) is 5.12. The molecule has 1 heterocycles. The van der Waals surface area contributed by atoms with Crippen molar-refractivity contribution in [3.8, 4) is 5.69 Å². The van der Waals surface area contributed by atoms with Crippen LogP contribution >= 0.6 is 0 Å². The summed E-state index contributed by atoms with van der Waals surface area (Å²) in [7, 11) is 1.76. The van der Waals surface area contributed by atoms with Crippen LogP contribution in [-0.4, -0.2) is 22.7 Å². The Hall–Kier alpha value is -3.14. The largest absolute Gasteiger partial charge is 0.312 e. The summed E-state index contributed by atoms with van der Waals surface area (Å²) >= 11 is 0. The maximum atomic E-state index is 12.2. The highest BCUT2D eigenvalue weighted by atomic mass is 16.2. The molecule has 0 aliphatic heterocycles. The molecule has 0 atom stereocenters. The predicted molar refractivity (Wildman–Crippen MR) is 92.5 cm³/mol. The number of amides is 1. The van der Waals surface area contributed by atoms with E-state index in [9.17, 15) is 4.79 Å². The Bertz CT molecular complexity index is 807. The fourth-order valence-electron chi connectivity index (χ4n) is 2.20. The van der Waals surface area contributed by atoms with Crippen LogP contribution in [-0.2, 0) is 4.79 Å². The average Bonchev–Trinajstić information content (AvgIpc) is 3.09. The first-order chi connectivity index (χ1) is 11.2. The zero-order chi connectivity index (χ0) is 16.1. The third-order valence-electron chi connectivity index (χ3n) is 3.52. The Morgan fingerprint density at radius 2 is 1.70 bits per heavy atom. The molecule has 0 spiro atoms. The van der Waals surface area contributed by atoms with Crippen LogP contribution in [0.25, 0.3) is 11.8 Å². The van der Waals surface area contributed by atoms with Gasteiger partial charge in [-0.15, -0.1) is 0 Å². The molecule has 114 valence electrons. The van der Waals surface area contributed by atoms with Crippen LogP contribution in [0.4, 0.5) is 5.69 Å². The Morgan fingerprint density at radius 1 is 1.04 bits per heavy atom. The summed E-state index contributed by atoms with van der Waals surface area (Å²) in [6.07, 6.45) is 6.95. The second kappa shape index (κ2) is 6.75. The van der Waals surface area contributed by atoms with Gasteiger partial charge in [0.1, 0.15) is 0 Å². The highest BCUT2D eigenvalue weighted by molar-refractivity contribution is 6.03. The molecule has 4 heteroatoms. The number of nitrogens with zero attached hydrogens (tertiary/aromatic N) is 3. The molecule has 0 unspecified atom stereocenters. The molecular formula is C19H17N3O. The van der Waals surface area contributed by atoms with E-state index in [0.29, 0.717) is 0 Å². The van der Waals surface area contributed by atoms with Crippen LogP contribution < -0.4 is 4.90 Å². The van der Waals surface area contributed by atoms with Crippen molar-refractivity contribution in [1.82, 2.24) is 9.78 Å². The maximum absolute atomic E-state index is 12.2. The lowest BCUT2D eigenvalue weighted by Crippen LogP contribution is -2.23. The molecule has 0 radical (unpaired) electrons. The molecule has 4 nitrogen and oxygen atoms in total. The molecular weight excluding hydrogens is 286 g/mol. The minimum absolute atomic E-state index is 0.0799. The van der Waals surface area contributed by atoms with Gasteiger partial charge in [0, 0.05) is 30.6 Å². The van der Waals surface area contributed by atoms with Crippen molar-refractivity contribution in [1.29, 1.82) is 0 Å². The number of hydrogen-bond donors (Lipinski definition) is 0. The number of anilines is 1. The zero-order valence-electron chi connectivity index (χ0n) is 12.8. The van der Waals surface area contributed by atoms with Gasteiger partial charge in [-0.05, 0) is 30.3 Å². The van der Waals surface area contributed by atoms with E-state index in [-0.39, 0.29) is 5.91 Å². The van der Waals surface area contributed by atoms with E-state index in [2.05, 4.69) is 5.10 Å². The number of carbonyl (C=O) groups is 1. The van der Waals surface area contributed by atoms with Crippen LogP contribution in [0.5, 0.6) is 0 Å². The van der Waals surface area contributed by atoms with Crippen molar-refractivity contribution in [3.05, 3.63) is 84.7 Å². The number of benzene rings is 2. The van der Waals surface area contributed by atoms with Crippen LogP contribution in [0.3, 0.4) is 0 Å². The summed E-state index contributed by atoms with van der Waals surface area (Å²) < 4.78 is 1.78. The van der Waals surface area contributed by atoms with Crippen LogP contribution in [0, 0.1) is 0 Å². The van der Waals surface area contributed by atoms with Gasteiger partial charge in [-0.25, -0.2) is 4.68 Å². The van der Waals surface area contributed by atoms with E-state index in [1.165, 1.54) is 0 Å². The summed E-state index contributed by atoms with van der Waals surface area (Å²) in [5, 5.41) is 4.31. The van der Waals surface area contributed by atoms with Gasteiger partial charge >= 0.3 is 0 Å². The van der Waals surface area contributed by atoms with Gasteiger partial charge in [0.25, 0.3) is 5.91 Å². The first kappa shape index (κ1) is 14.8. The zero-order valence-corrected chi connectivity index (χ0v) is 12.8. The normalized spacial score (nSPS) is 10.8. The van der Waals surface area contributed by atoms with Crippen LogP contribution in [0.2, 0.25) is 0 Å². The Morgan fingerprint density at radius 3 is 2.39 bits per heavy atom. The van der Waals surface area contributed by atoms with Crippen molar-refractivity contribution in [3.63, 3.8) is 0 Å². The van der Waals surface area contributed by atoms with Gasteiger partial charge in [0.05, 0.1) is 11.9 Å². The second-order valence-corrected chi connectivity index (χ2v) is 5.12. The molecule has 2 aromatic carbocycles. The fourth-order valence-corrected chi connectivity index (χ4v) is 2.20. The maximum Gasteiger partial charge on any atom is 0.250 e. The summed E-state index contributed by atoms with van der Waals surface area (Å²) in [4.78, 5) is 13.8. The lowest BCUT2D eigenvalue weighted by molar-refractivity contribution is -0.113. The van der Waals surface area contributed by atoms with Crippen molar-refractivity contribution < 1.29 is 4.79 Å². The van der Waals surface area contributed by atoms with Crippen LogP contribution in [0.15, 0.2) is 79.1 Å². The Balaban J connectivity index is 1.71. The number of para-hydroxylation sites is 2. The Labute approximate surface area is 135 Å². The van der Waals surface area contributed by atoms with Gasteiger partial charge < -0.3 is 4.90 Å². The fraction of sp³-hybridized carbons (Fsp3) is 0.0526. The molecule has 0 fully saturated rings. The number of aromatic nitrogens is 2. The smallest absolute Gasteiger partial charge is 0.250 e. The molecule has 23 heavy (non-hydrogen) atoms. The SMILES string of the molecule is CN(C(=O)C=Cc1cnn(-c2ccccc2)c1)c1ccccc1. The van der Waals surface area contributed by atoms with E-state index in [1.54, 1.807) is 35.0 Å². The van der Waals surface area contributed by atoms with Gasteiger partial charge in [-0.2, -0.15) is 5.10 Å². The highest BCUT2D eigenvalue weighted by Gasteiger charge is 2.06. The number of carbonyl (C=O) groups excluding carboxylic acids is 1. The molecule has 1 aromatic heterocycles. The number of hydrogen-bond acceptors (Lipinski definition) is 2.